The summed E-state index contributed by atoms with van der Waals surface area (Å²) in [6, 6.07) is 14.5. The van der Waals surface area contributed by atoms with E-state index in [1.807, 2.05) is 12.1 Å². The van der Waals surface area contributed by atoms with Crippen molar-refractivity contribution < 1.29 is 4.74 Å². The molecular weight excluding hydrogens is 304 g/mol. The normalized spacial score (nSPS) is 10.6. The van der Waals surface area contributed by atoms with E-state index in [1.165, 1.54) is 22.3 Å². The van der Waals surface area contributed by atoms with E-state index in [0.29, 0.717) is 0 Å². The third kappa shape index (κ3) is 3.71. The van der Waals surface area contributed by atoms with Gasteiger partial charge in [-0.05, 0) is 37.1 Å². The topological polar surface area (TPSA) is 34.1 Å². The van der Waals surface area contributed by atoms with E-state index >= 15 is 0 Å². The molecule has 1 aromatic heterocycles. The quantitative estimate of drug-likeness (QED) is 0.713. The van der Waals surface area contributed by atoms with Crippen molar-refractivity contribution in [1.29, 1.82) is 0 Å². The third-order valence-corrected chi connectivity index (χ3v) is 4.56. The van der Waals surface area contributed by atoms with Crippen LogP contribution in [-0.4, -0.2) is 12.1 Å². The molecule has 118 valence electrons. The second-order valence-corrected chi connectivity index (χ2v) is 6.42. The lowest BCUT2D eigenvalue weighted by atomic mass is 10.0. The van der Waals surface area contributed by atoms with E-state index in [0.717, 1.165) is 23.1 Å². The number of nitrogens with zero attached hydrogens (tertiary/aromatic N) is 1. The standard InChI is InChI=1S/C19H20N2OS/c1-13-4-9-17(14(2)10-13)18-12-23-19(21-18)20-11-15-5-7-16(22-3)8-6-15/h4-10,12H,11H2,1-3H3,(H,20,21). The van der Waals surface area contributed by atoms with Crippen LogP contribution in [0.25, 0.3) is 11.3 Å². The number of rotatable bonds is 5. The van der Waals surface area contributed by atoms with Crippen molar-refractivity contribution in [3.8, 4) is 17.0 Å². The van der Waals surface area contributed by atoms with E-state index in [2.05, 4.69) is 54.9 Å². The van der Waals surface area contributed by atoms with Crippen molar-refractivity contribution in [2.45, 2.75) is 20.4 Å². The molecule has 1 N–H and O–H groups in total. The Morgan fingerprint density at radius 3 is 2.57 bits per heavy atom. The van der Waals surface area contributed by atoms with Crippen molar-refractivity contribution in [3.05, 3.63) is 64.5 Å². The number of hydrogen-bond acceptors (Lipinski definition) is 4. The van der Waals surface area contributed by atoms with Gasteiger partial charge in [0.05, 0.1) is 12.8 Å². The van der Waals surface area contributed by atoms with Crippen LogP contribution in [0.5, 0.6) is 5.75 Å². The molecule has 0 aliphatic heterocycles. The maximum absolute atomic E-state index is 5.17. The lowest BCUT2D eigenvalue weighted by Crippen LogP contribution is -1.99. The van der Waals surface area contributed by atoms with Crippen LogP contribution in [0.3, 0.4) is 0 Å². The summed E-state index contributed by atoms with van der Waals surface area (Å²) in [6.07, 6.45) is 0. The number of aromatic nitrogens is 1. The first-order valence-electron chi connectivity index (χ1n) is 7.55. The molecule has 3 nitrogen and oxygen atoms in total. The van der Waals surface area contributed by atoms with Gasteiger partial charge in [-0.25, -0.2) is 4.98 Å². The summed E-state index contributed by atoms with van der Waals surface area (Å²) in [7, 11) is 1.68. The van der Waals surface area contributed by atoms with Gasteiger partial charge >= 0.3 is 0 Å². The van der Waals surface area contributed by atoms with Crippen LogP contribution in [0.15, 0.2) is 47.8 Å². The van der Waals surface area contributed by atoms with Crippen LogP contribution in [0, 0.1) is 13.8 Å². The van der Waals surface area contributed by atoms with Gasteiger partial charge in [0.1, 0.15) is 5.75 Å². The SMILES string of the molecule is COc1ccc(CNc2nc(-c3ccc(C)cc3C)cs2)cc1. The second kappa shape index (κ2) is 6.84. The van der Waals surface area contributed by atoms with Crippen LogP contribution in [0.2, 0.25) is 0 Å². The summed E-state index contributed by atoms with van der Waals surface area (Å²) < 4.78 is 5.17. The molecule has 0 spiro atoms. The van der Waals surface area contributed by atoms with E-state index < -0.39 is 0 Å². The van der Waals surface area contributed by atoms with Crippen LogP contribution in [-0.2, 0) is 6.54 Å². The number of aryl methyl sites for hydroxylation is 2. The van der Waals surface area contributed by atoms with Crippen LogP contribution in [0.1, 0.15) is 16.7 Å². The van der Waals surface area contributed by atoms with Gasteiger partial charge in [0.2, 0.25) is 0 Å². The number of ether oxygens (including phenoxy) is 1. The molecule has 3 aromatic rings. The fraction of sp³-hybridized carbons (Fsp3) is 0.211. The zero-order valence-electron chi connectivity index (χ0n) is 13.6. The molecule has 0 fully saturated rings. The van der Waals surface area contributed by atoms with Crippen LogP contribution in [0.4, 0.5) is 5.13 Å². The van der Waals surface area contributed by atoms with Gasteiger partial charge in [-0.1, -0.05) is 35.9 Å². The molecule has 2 aromatic carbocycles. The predicted molar refractivity (Wildman–Crippen MR) is 97.3 cm³/mol. The molecule has 0 aliphatic rings. The Hall–Kier alpha value is -2.33. The zero-order valence-corrected chi connectivity index (χ0v) is 14.4. The number of thiazole rings is 1. The molecule has 3 rings (SSSR count). The highest BCUT2D eigenvalue weighted by molar-refractivity contribution is 7.14. The Bertz CT molecular complexity index is 793. The van der Waals surface area contributed by atoms with Gasteiger partial charge in [-0.15, -0.1) is 11.3 Å². The van der Waals surface area contributed by atoms with E-state index in [1.54, 1.807) is 18.4 Å². The molecule has 0 saturated heterocycles. The minimum absolute atomic E-state index is 0.754. The molecule has 1 heterocycles. The predicted octanol–water partition coefficient (Wildman–Crippen LogP) is 5.05. The Morgan fingerprint density at radius 1 is 1.09 bits per heavy atom. The Labute approximate surface area is 141 Å². The molecule has 4 heteroatoms. The summed E-state index contributed by atoms with van der Waals surface area (Å²) in [4.78, 5) is 4.70. The van der Waals surface area contributed by atoms with Gasteiger partial charge in [0, 0.05) is 17.5 Å². The lowest BCUT2D eigenvalue weighted by Gasteiger charge is -2.05. The Balaban J connectivity index is 1.69. The molecular formula is C19H20N2OS. The summed E-state index contributed by atoms with van der Waals surface area (Å²) in [6.45, 7) is 5.00. The molecule has 0 aliphatic carbocycles. The number of nitrogens with one attached hydrogen (secondary N) is 1. The van der Waals surface area contributed by atoms with Gasteiger partial charge in [0.15, 0.2) is 5.13 Å². The molecule has 0 unspecified atom stereocenters. The van der Waals surface area contributed by atoms with Crippen molar-refractivity contribution in [2.75, 3.05) is 12.4 Å². The third-order valence-electron chi connectivity index (χ3n) is 3.76. The highest BCUT2D eigenvalue weighted by atomic mass is 32.1. The monoisotopic (exact) mass is 324 g/mol. The highest BCUT2D eigenvalue weighted by Gasteiger charge is 2.07. The van der Waals surface area contributed by atoms with E-state index in [9.17, 15) is 0 Å². The molecule has 0 radical (unpaired) electrons. The lowest BCUT2D eigenvalue weighted by molar-refractivity contribution is 0.414. The molecule has 0 bridgehead atoms. The second-order valence-electron chi connectivity index (χ2n) is 5.56. The highest BCUT2D eigenvalue weighted by Crippen LogP contribution is 2.28. The number of methoxy groups -OCH3 is 1. The first-order valence-corrected chi connectivity index (χ1v) is 8.43. The number of hydrogen-bond donors (Lipinski definition) is 1. The number of benzene rings is 2. The molecule has 0 atom stereocenters. The largest absolute Gasteiger partial charge is 0.497 e. The molecule has 0 amide bonds. The molecule has 0 saturated carbocycles. The maximum Gasteiger partial charge on any atom is 0.183 e. The number of anilines is 1. The zero-order chi connectivity index (χ0) is 16.2. The Kier molecular flexibility index (Phi) is 4.63. The average molecular weight is 324 g/mol. The van der Waals surface area contributed by atoms with Gasteiger partial charge < -0.3 is 10.1 Å². The summed E-state index contributed by atoms with van der Waals surface area (Å²) in [5.41, 5.74) is 5.97. The smallest absolute Gasteiger partial charge is 0.183 e. The first-order chi connectivity index (χ1) is 11.2. The fourth-order valence-electron chi connectivity index (χ4n) is 2.50. The van der Waals surface area contributed by atoms with Crippen molar-refractivity contribution >= 4 is 16.5 Å². The Morgan fingerprint density at radius 2 is 1.87 bits per heavy atom. The minimum Gasteiger partial charge on any atom is -0.497 e. The molecule has 23 heavy (non-hydrogen) atoms. The maximum atomic E-state index is 5.17. The fourth-order valence-corrected chi connectivity index (χ4v) is 3.21. The van der Waals surface area contributed by atoms with Crippen molar-refractivity contribution in [2.24, 2.45) is 0 Å². The van der Waals surface area contributed by atoms with Gasteiger partial charge in [-0.3, -0.25) is 0 Å². The van der Waals surface area contributed by atoms with Gasteiger partial charge in [0.25, 0.3) is 0 Å². The summed E-state index contributed by atoms with van der Waals surface area (Å²) in [5, 5.41) is 6.43. The van der Waals surface area contributed by atoms with E-state index in [4.69, 9.17) is 9.72 Å². The summed E-state index contributed by atoms with van der Waals surface area (Å²) >= 11 is 1.64. The summed E-state index contributed by atoms with van der Waals surface area (Å²) in [5.74, 6) is 0.875. The van der Waals surface area contributed by atoms with Crippen molar-refractivity contribution in [1.82, 2.24) is 4.98 Å². The van der Waals surface area contributed by atoms with Crippen LogP contribution < -0.4 is 10.1 Å². The minimum atomic E-state index is 0.754. The van der Waals surface area contributed by atoms with Crippen LogP contribution >= 0.6 is 11.3 Å². The van der Waals surface area contributed by atoms with Gasteiger partial charge in [-0.2, -0.15) is 0 Å². The first kappa shape index (κ1) is 15.6. The van der Waals surface area contributed by atoms with Crippen molar-refractivity contribution in [3.63, 3.8) is 0 Å². The van der Waals surface area contributed by atoms with E-state index in [-0.39, 0.29) is 0 Å². The average Bonchev–Trinajstić information content (AvgIpc) is 3.02.